The number of thioether (sulfide) groups is 1. The fraction of sp³-hybridized carbons (Fsp3) is 0.250. The highest BCUT2D eigenvalue weighted by molar-refractivity contribution is 8.00. The van der Waals surface area contributed by atoms with Gasteiger partial charge < -0.3 is 15.5 Å². The molecule has 150 valence electrons. The second-order valence-electron chi connectivity index (χ2n) is 6.50. The molecular formula is C20H20FN5O2S. The first-order valence-electron chi connectivity index (χ1n) is 9.17. The van der Waals surface area contributed by atoms with E-state index < -0.39 is 5.25 Å². The summed E-state index contributed by atoms with van der Waals surface area (Å²) in [4.78, 5) is 13.1. The summed E-state index contributed by atoms with van der Waals surface area (Å²) in [6, 6.07) is 13.0. The molecule has 1 aromatic heterocycles. The number of hydrogen-bond acceptors (Lipinski definition) is 6. The fourth-order valence-corrected chi connectivity index (χ4v) is 4.23. The van der Waals surface area contributed by atoms with Gasteiger partial charge in [-0.25, -0.2) is 9.07 Å². The van der Waals surface area contributed by atoms with Crippen molar-refractivity contribution in [3.63, 3.8) is 0 Å². The Balaban J connectivity index is 1.65. The summed E-state index contributed by atoms with van der Waals surface area (Å²) in [5.74, 6) is 0.974. The molecule has 9 heteroatoms. The van der Waals surface area contributed by atoms with Crippen molar-refractivity contribution in [3.05, 3.63) is 65.7 Å². The van der Waals surface area contributed by atoms with Crippen LogP contribution in [0.1, 0.15) is 24.4 Å². The number of carbonyl (C=O) groups is 1. The Bertz CT molecular complexity index is 1010. The third-order valence-corrected chi connectivity index (χ3v) is 5.88. The van der Waals surface area contributed by atoms with Gasteiger partial charge in [0.2, 0.25) is 11.1 Å². The van der Waals surface area contributed by atoms with Crippen LogP contribution in [0.5, 0.6) is 5.75 Å². The first kappa shape index (κ1) is 19.3. The molecule has 1 aliphatic heterocycles. The highest BCUT2D eigenvalue weighted by atomic mass is 32.2. The van der Waals surface area contributed by atoms with Crippen molar-refractivity contribution in [2.24, 2.45) is 0 Å². The predicted molar refractivity (Wildman–Crippen MR) is 109 cm³/mol. The number of ether oxygens (including phenoxy) is 1. The lowest BCUT2D eigenvalue weighted by Gasteiger charge is -2.33. The standard InChI is InChI=1S/C20H20FN5O2S/c1-3-16-23-24-20-26(16)25-17(12-4-10-15(28-2)11-5-12)18(29-20)19(27)22-14-8-6-13(21)7-9-14/h4-11,17-18,25H,3H2,1-2H3,(H,22,27)/t17-,18+/m1/s1. The number of aromatic nitrogens is 3. The number of nitrogens with one attached hydrogen (secondary N) is 2. The van der Waals surface area contributed by atoms with Gasteiger partial charge in [-0.3, -0.25) is 4.79 Å². The smallest absolute Gasteiger partial charge is 0.240 e. The maximum atomic E-state index is 13.2. The van der Waals surface area contributed by atoms with Crippen LogP contribution >= 0.6 is 11.8 Å². The van der Waals surface area contributed by atoms with Crippen LogP contribution in [0.2, 0.25) is 0 Å². The van der Waals surface area contributed by atoms with Crippen LogP contribution in [0.25, 0.3) is 0 Å². The minimum atomic E-state index is -0.505. The van der Waals surface area contributed by atoms with Gasteiger partial charge in [-0.2, -0.15) is 0 Å². The lowest BCUT2D eigenvalue weighted by atomic mass is 10.0. The molecule has 1 aliphatic rings. The van der Waals surface area contributed by atoms with Crippen LogP contribution in [-0.4, -0.2) is 33.1 Å². The Morgan fingerprint density at radius 2 is 1.93 bits per heavy atom. The van der Waals surface area contributed by atoms with E-state index in [9.17, 15) is 9.18 Å². The molecule has 7 nitrogen and oxygen atoms in total. The normalized spacial score (nSPS) is 17.9. The Labute approximate surface area is 171 Å². The Hall–Kier alpha value is -3.07. The van der Waals surface area contributed by atoms with E-state index in [-0.39, 0.29) is 17.8 Å². The summed E-state index contributed by atoms with van der Waals surface area (Å²) in [6.07, 6.45) is 0.711. The number of methoxy groups -OCH3 is 1. The van der Waals surface area contributed by atoms with Gasteiger partial charge in [-0.1, -0.05) is 30.8 Å². The number of hydrogen-bond donors (Lipinski definition) is 2. The number of halogens is 1. The summed E-state index contributed by atoms with van der Waals surface area (Å²) >= 11 is 1.35. The van der Waals surface area contributed by atoms with Gasteiger partial charge in [-0.05, 0) is 42.0 Å². The molecule has 2 atom stereocenters. The van der Waals surface area contributed by atoms with E-state index in [0.29, 0.717) is 17.3 Å². The Morgan fingerprint density at radius 1 is 1.21 bits per heavy atom. The van der Waals surface area contributed by atoms with Gasteiger partial charge >= 0.3 is 0 Å². The SMILES string of the molecule is CCc1nnc2n1N[C@H](c1ccc(OC)cc1)[C@@H](C(=O)Nc1ccc(F)cc1)S2. The minimum absolute atomic E-state index is 0.206. The van der Waals surface area contributed by atoms with Crippen molar-refractivity contribution in [2.45, 2.75) is 29.8 Å². The van der Waals surface area contributed by atoms with Crippen LogP contribution in [0.3, 0.4) is 0 Å². The lowest BCUT2D eigenvalue weighted by Crippen LogP contribution is -2.41. The molecule has 3 aromatic rings. The number of carbonyl (C=O) groups excluding carboxylic acids is 1. The molecule has 0 fully saturated rings. The van der Waals surface area contributed by atoms with Crippen LogP contribution < -0.4 is 15.5 Å². The number of anilines is 1. The molecule has 2 heterocycles. The van der Waals surface area contributed by atoms with E-state index in [1.54, 1.807) is 7.11 Å². The Morgan fingerprint density at radius 3 is 2.59 bits per heavy atom. The third kappa shape index (κ3) is 3.91. The maximum Gasteiger partial charge on any atom is 0.240 e. The summed E-state index contributed by atoms with van der Waals surface area (Å²) < 4.78 is 20.2. The van der Waals surface area contributed by atoms with Crippen LogP contribution in [0.15, 0.2) is 53.7 Å². The average molecular weight is 413 g/mol. The summed E-state index contributed by atoms with van der Waals surface area (Å²) in [7, 11) is 1.61. The quantitative estimate of drug-likeness (QED) is 0.667. The number of rotatable bonds is 5. The van der Waals surface area contributed by atoms with E-state index >= 15 is 0 Å². The number of nitrogens with zero attached hydrogens (tertiary/aromatic N) is 3. The largest absolute Gasteiger partial charge is 0.497 e. The topological polar surface area (TPSA) is 81.1 Å². The third-order valence-electron chi connectivity index (χ3n) is 4.67. The highest BCUT2D eigenvalue weighted by Crippen LogP contribution is 2.38. The van der Waals surface area contributed by atoms with Crippen LogP contribution in [-0.2, 0) is 11.2 Å². The van der Waals surface area contributed by atoms with E-state index in [2.05, 4.69) is 20.9 Å². The molecule has 2 aromatic carbocycles. The maximum absolute atomic E-state index is 13.2. The number of fused-ring (bicyclic) bond motifs is 1. The van der Waals surface area contributed by atoms with E-state index in [1.165, 1.54) is 36.0 Å². The van der Waals surface area contributed by atoms with Gasteiger partial charge in [-0.15, -0.1) is 10.2 Å². The monoisotopic (exact) mass is 413 g/mol. The fourth-order valence-electron chi connectivity index (χ4n) is 3.14. The van der Waals surface area contributed by atoms with Crippen molar-refractivity contribution in [3.8, 4) is 5.75 Å². The van der Waals surface area contributed by atoms with Crippen molar-refractivity contribution in [2.75, 3.05) is 17.9 Å². The molecule has 2 N–H and O–H groups in total. The molecule has 1 amide bonds. The zero-order valence-electron chi connectivity index (χ0n) is 15.9. The van der Waals surface area contributed by atoms with Crippen molar-refractivity contribution in [1.82, 2.24) is 14.9 Å². The average Bonchev–Trinajstić information content (AvgIpc) is 3.16. The summed E-state index contributed by atoms with van der Waals surface area (Å²) in [5, 5.41) is 11.4. The second kappa shape index (κ2) is 8.12. The number of aryl methyl sites for hydroxylation is 1. The molecule has 0 unspecified atom stereocenters. The molecule has 0 bridgehead atoms. The predicted octanol–water partition coefficient (Wildman–Crippen LogP) is 3.39. The van der Waals surface area contributed by atoms with E-state index in [4.69, 9.17) is 4.74 Å². The summed E-state index contributed by atoms with van der Waals surface area (Å²) in [6.45, 7) is 2.00. The van der Waals surface area contributed by atoms with Crippen molar-refractivity contribution < 1.29 is 13.9 Å². The molecule has 0 radical (unpaired) electrons. The molecule has 4 rings (SSSR count). The molecule has 29 heavy (non-hydrogen) atoms. The van der Waals surface area contributed by atoms with Crippen molar-refractivity contribution in [1.29, 1.82) is 0 Å². The van der Waals surface area contributed by atoms with Gasteiger partial charge in [0.15, 0.2) is 5.82 Å². The van der Waals surface area contributed by atoms with E-state index in [0.717, 1.165) is 17.1 Å². The Kier molecular flexibility index (Phi) is 5.39. The van der Waals surface area contributed by atoms with Crippen molar-refractivity contribution >= 4 is 23.4 Å². The van der Waals surface area contributed by atoms with E-state index in [1.807, 2.05) is 35.9 Å². The van der Waals surface area contributed by atoms with Gasteiger partial charge in [0, 0.05) is 12.1 Å². The first-order valence-corrected chi connectivity index (χ1v) is 10.0. The minimum Gasteiger partial charge on any atom is -0.497 e. The van der Waals surface area contributed by atoms with Gasteiger partial charge in [0.25, 0.3) is 0 Å². The van der Waals surface area contributed by atoms with Gasteiger partial charge in [0.05, 0.1) is 13.2 Å². The van der Waals surface area contributed by atoms with Gasteiger partial charge in [0.1, 0.15) is 16.8 Å². The second-order valence-corrected chi connectivity index (χ2v) is 7.61. The number of benzene rings is 2. The summed E-state index contributed by atoms with van der Waals surface area (Å²) in [5.41, 5.74) is 4.85. The van der Waals surface area contributed by atoms with Crippen LogP contribution in [0.4, 0.5) is 10.1 Å². The molecule has 0 saturated heterocycles. The lowest BCUT2D eigenvalue weighted by molar-refractivity contribution is -0.116. The zero-order chi connectivity index (χ0) is 20.4. The zero-order valence-corrected chi connectivity index (χ0v) is 16.7. The molecular weight excluding hydrogens is 393 g/mol. The first-order chi connectivity index (χ1) is 14.1. The number of amides is 1. The molecule has 0 saturated carbocycles. The molecule has 0 spiro atoms. The van der Waals surface area contributed by atoms with Crippen LogP contribution in [0, 0.1) is 5.82 Å². The molecule has 0 aliphatic carbocycles. The highest BCUT2D eigenvalue weighted by Gasteiger charge is 2.37.